The van der Waals surface area contributed by atoms with Crippen LogP contribution in [0.25, 0.3) is 0 Å². The number of morpholine rings is 1. The Morgan fingerprint density at radius 2 is 2.09 bits per heavy atom. The quantitative estimate of drug-likeness (QED) is 0.790. The van der Waals surface area contributed by atoms with Gasteiger partial charge in [-0.15, -0.1) is 0 Å². The number of fused-ring (bicyclic) bond motifs is 1. The first-order valence-corrected chi connectivity index (χ1v) is 7.94. The minimum atomic E-state index is -0.406. The van der Waals surface area contributed by atoms with Crippen molar-refractivity contribution in [3.63, 3.8) is 0 Å². The van der Waals surface area contributed by atoms with Crippen LogP contribution < -0.4 is 9.47 Å². The average molecular weight is 319 g/mol. The van der Waals surface area contributed by atoms with Crippen molar-refractivity contribution >= 4 is 5.91 Å². The highest BCUT2D eigenvalue weighted by Gasteiger charge is 2.48. The standard InChI is InChI=1S/C17H21NO5/c1-16(2)8-18(9-17(23-16)6-7-20-10-17)15(19)12-4-3-5-13-14(12)22-11-21-13/h3-5H,6-11H2,1-2H3. The number of benzene rings is 1. The molecule has 3 heterocycles. The summed E-state index contributed by atoms with van der Waals surface area (Å²) in [6.45, 7) is 6.48. The second-order valence-electron chi connectivity index (χ2n) is 7.05. The Balaban J connectivity index is 1.64. The van der Waals surface area contributed by atoms with Gasteiger partial charge in [-0.05, 0) is 26.0 Å². The van der Waals surface area contributed by atoms with Crippen molar-refractivity contribution in [2.75, 3.05) is 33.1 Å². The Morgan fingerprint density at radius 1 is 1.22 bits per heavy atom. The number of hydrogen-bond donors (Lipinski definition) is 0. The molecule has 2 saturated heterocycles. The SMILES string of the molecule is CC1(C)CN(C(=O)c2cccc3c2OCO3)CC2(CCOC2)O1. The van der Waals surface area contributed by atoms with E-state index in [1.54, 1.807) is 6.07 Å². The third-order valence-corrected chi connectivity index (χ3v) is 4.52. The molecule has 6 nitrogen and oxygen atoms in total. The maximum Gasteiger partial charge on any atom is 0.257 e. The maximum absolute atomic E-state index is 13.1. The van der Waals surface area contributed by atoms with E-state index in [2.05, 4.69) is 0 Å². The summed E-state index contributed by atoms with van der Waals surface area (Å²) in [5.41, 5.74) is -0.254. The minimum absolute atomic E-state index is 0.0463. The summed E-state index contributed by atoms with van der Waals surface area (Å²) in [5, 5.41) is 0. The highest BCUT2D eigenvalue weighted by molar-refractivity contribution is 5.98. The number of para-hydroxylation sites is 1. The number of nitrogens with zero attached hydrogens (tertiary/aromatic N) is 1. The molecule has 0 aromatic heterocycles. The van der Waals surface area contributed by atoms with Crippen LogP contribution in [-0.4, -0.2) is 55.1 Å². The molecule has 3 aliphatic rings. The predicted octanol–water partition coefficient (Wildman–Crippen LogP) is 1.83. The van der Waals surface area contributed by atoms with Gasteiger partial charge in [0, 0.05) is 19.6 Å². The van der Waals surface area contributed by atoms with Gasteiger partial charge in [-0.25, -0.2) is 0 Å². The van der Waals surface area contributed by atoms with Gasteiger partial charge in [-0.3, -0.25) is 4.79 Å². The first-order chi connectivity index (χ1) is 11.0. The smallest absolute Gasteiger partial charge is 0.257 e. The van der Waals surface area contributed by atoms with Crippen LogP contribution >= 0.6 is 0 Å². The molecule has 1 aromatic carbocycles. The minimum Gasteiger partial charge on any atom is -0.454 e. The average Bonchev–Trinajstić information content (AvgIpc) is 3.13. The van der Waals surface area contributed by atoms with Gasteiger partial charge in [0.05, 0.1) is 24.3 Å². The summed E-state index contributed by atoms with van der Waals surface area (Å²) in [4.78, 5) is 14.9. The molecule has 3 aliphatic heterocycles. The molecular formula is C17H21NO5. The third-order valence-electron chi connectivity index (χ3n) is 4.52. The summed E-state index contributed by atoms with van der Waals surface area (Å²) >= 11 is 0. The topological polar surface area (TPSA) is 57.2 Å². The number of hydrogen-bond acceptors (Lipinski definition) is 5. The zero-order valence-electron chi connectivity index (χ0n) is 13.5. The molecule has 23 heavy (non-hydrogen) atoms. The highest BCUT2D eigenvalue weighted by Crippen LogP contribution is 2.39. The molecule has 1 aromatic rings. The zero-order chi connectivity index (χ0) is 16.1. The maximum atomic E-state index is 13.1. The molecule has 0 aliphatic carbocycles. The van der Waals surface area contributed by atoms with Crippen LogP contribution in [0.3, 0.4) is 0 Å². The summed E-state index contributed by atoms with van der Waals surface area (Å²) < 4.78 is 22.6. The number of carbonyl (C=O) groups excluding carboxylic acids is 1. The molecule has 0 bridgehead atoms. The molecule has 1 unspecified atom stereocenters. The first kappa shape index (κ1) is 14.8. The van der Waals surface area contributed by atoms with E-state index in [0.717, 1.165) is 6.42 Å². The Hall–Kier alpha value is -1.79. The van der Waals surface area contributed by atoms with Crippen LogP contribution in [0.2, 0.25) is 0 Å². The molecule has 1 spiro atoms. The Labute approximate surface area is 135 Å². The normalized spacial score (nSPS) is 28.3. The molecule has 1 atom stereocenters. The largest absolute Gasteiger partial charge is 0.454 e. The van der Waals surface area contributed by atoms with E-state index in [4.69, 9.17) is 18.9 Å². The third kappa shape index (κ3) is 2.56. The fraction of sp³-hybridized carbons (Fsp3) is 0.588. The number of carbonyl (C=O) groups is 1. The van der Waals surface area contributed by atoms with Crippen LogP contribution in [0.4, 0.5) is 0 Å². The molecule has 124 valence electrons. The van der Waals surface area contributed by atoms with E-state index in [-0.39, 0.29) is 12.7 Å². The molecule has 0 radical (unpaired) electrons. The second-order valence-corrected chi connectivity index (χ2v) is 7.05. The number of amides is 1. The van der Waals surface area contributed by atoms with Crippen LogP contribution in [0.15, 0.2) is 18.2 Å². The van der Waals surface area contributed by atoms with Crippen molar-refractivity contribution in [2.45, 2.75) is 31.5 Å². The van der Waals surface area contributed by atoms with Gasteiger partial charge in [-0.2, -0.15) is 0 Å². The Bertz CT molecular complexity index is 636. The van der Waals surface area contributed by atoms with E-state index in [0.29, 0.717) is 43.4 Å². The van der Waals surface area contributed by atoms with Crippen LogP contribution in [0.1, 0.15) is 30.6 Å². The van der Waals surface area contributed by atoms with Crippen molar-refractivity contribution < 1.29 is 23.7 Å². The van der Waals surface area contributed by atoms with Gasteiger partial charge in [-0.1, -0.05) is 6.07 Å². The van der Waals surface area contributed by atoms with Gasteiger partial charge in [0.25, 0.3) is 5.91 Å². The van der Waals surface area contributed by atoms with E-state index in [1.807, 2.05) is 30.9 Å². The van der Waals surface area contributed by atoms with Crippen molar-refractivity contribution in [1.82, 2.24) is 4.90 Å². The lowest BCUT2D eigenvalue weighted by Crippen LogP contribution is -2.61. The summed E-state index contributed by atoms with van der Waals surface area (Å²) in [6, 6.07) is 5.42. The predicted molar refractivity (Wildman–Crippen MR) is 81.8 cm³/mol. The van der Waals surface area contributed by atoms with Crippen molar-refractivity contribution in [2.24, 2.45) is 0 Å². The zero-order valence-corrected chi connectivity index (χ0v) is 13.5. The fourth-order valence-electron chi connectivity index (χ4n) is 3.72. The fourth-order valence-corrected chi connectivity index (χ4v) is 3.72. The molecular weight excluding hydrogens is 298 g/mol. The van der Waals surface area contributed by atoms with Gasteiger partial charge >= 0.3 is 0 Å². The van der Waals surface area contributed by atoms with Gasteiger partial charge in [0.2, 0.25) is 6.79 Å². The summed E-state index contributed by atoms with van der Waals surface area (Å²) in [7, 11) is 0. The van der Waals surface area contributed by atoms with E-state index in [9.17, 15) is 4.79 Å². The van der Waals surface area contributed by atoms with Crippen molar-refractivity contribution in [3.05, 3.63) is 23.8 Å². The van der Waals surface area contributed by atoms with E-state index < -0.39 is 11.2 Å². The molecule has 2 fully saturated rings. The summed E-state index contributed by atoms with van der Waals surface area (Å²) in [6.07, 6.45) is 0.812. The van der Waals surface area contributed by atoms with Crippen molar-refractivity contribution in [1.29, 1.82) is 0 Å². The molecule has 0 N–H and O–H groups in total. The highest BCUT2D eigenvalue weighted by atomic mass is 16.7. The second kappa shape index (κ2) is 5.11. The molecule has 1 amide bonds. The van der Waals surface area contributed by atoms with Crippen molar-refractivity contribution in [3.8, 4) is 11.5 Å². The van der Waals surface area contributed by atoms with E-state index >= 15 is 0 Å². The number of rotatable bonds is 1. The van der Waals surface area contributed by atoms with E-state index in [1.165, 1.54) is 0 Å². The number of ether oxygens (including phenoxy) is 4. The Morgan fingerprint density at radius 3 is 2.87 bits per heavy atom. The van der Waals surface area contributed by atoms with Crippen LogP contribution in [0.5, 0.6) is 11.5 Å². The molecule has 0 saturated carbocycles. The lowest BCUT2D eigenvalue weighted by atomic mass is 9.94. The molecule has 4 rings (SSSR count). The lowest BCUT2D eigenvalue weighted by molar-refractivity contribution is -0.186. The van der Waals surface area contributed by atoms with Crippen LogP contribution in [-0.2, 0) is 9.47 Å². The van der Waals surface area contributed by atoms with Gasteiger partial charge in [0.1, 0.15) is 5.60 Å². The summed E-state index contributed by atoms with van der Waals surface area (Å²) in [5.74, 6) is 1.12. The monoisotopic (exact) mass is 319 g/mol. The van der Waals surface area contributed by atoms with Gasteiger partial charge in [0.15, 0.2) is 11.5 Å². The lowest BCUT2D eigenvalue weighted by Gasteiger charge is -2.48. The molecule has 6 heteroatoms. The van der Waals surface area contributed by atoms with Gasteiger partial charge < -0.3 is 23.8 Å². The first-order valence-electron chi connectivity index (χ1n) is 7.94. The van der Waals surface area contributed by atoms with Crippen LogP contribution in [0, 0.1) is 0 Å². The Kier molecular flexibility index (Phi) is 3.28.